The van der Waals surface area contributed by atoms with Crippen molar-refractivity contribution in [2.75, 3.05) is 13.2 Å². The van der Waals surface area contributed by atoms with Crippen molar-refractivity contribution >= 4 is 22.0 Å². The monoisotopic (exact) mass is 478 g/mol. The highest BCUT2D eigenvalue weighted by molar-refractivity contribution is 7.89. The lowest BCUT2D eigenvalue weighted by atomic mass is 10.1. The number of carboxylic acids is 1. The molecule has 0 aromatic heterocycles. The summed E-state index contributed by atoms with van der Waals surface area (Å²) in [5.74, 6) is -0.961. The molecule has 1 atom stereocenters. The molecule has 0 bridgehead atoms. The van der Waals surface area contributed by atoms with Gasteiger partial charge in [0.1, 0.15) is 11.8 Å². The molecule has 2 rings (SSSR count). The van der Waals surface area contributed by atoms with Gasteiger partial charge in [-0.15, -0.1) is 0 Å². The number of ether oxygens (including phenoxy) is 1. The predicted octanol–water partition coefficient (Wildman–Crippen LogP) is 1.80. The minimum atomic E-state index is -3.98. The van der Waals surface area contributed by atoms with E-state index in [1.54, 1.807) is 36.4 Å². The smallest absolute Gasteiger partial charge is 0.322 e. The molecule has 0 radical (unpaired) electrons. The van der Waals surface area contributed by atoms with Gasteiger partial charge in [0.2, 0.25) is 16.0 Å². The molecule has 2 aromatic rings. The van der Waals surface area contributed by atoms with E-state index in [9.17, 15) is 18.3 Å². The summed E-state index contributed by atoms with van der Waals surface area (Å²) in [6.07, 6.45) is 2.33. The van der Waals surface area contributed by atoms with Crippen LogP contribution in [0, 0.1) is 5.41 Å². The first kappa shape index (κ1) is 26.1. The summed E-state index contributed by atoms with van der Waals surface area (Å²) in [5, 5.41) is 16.5. The molecule has 0 unspecified atom stereocenters. The van der Waals surface area contributed by atoms with E-state index in [1.165, 1.54) is 12.1 Å². The highest BCUT2D eigenvalue weighted by Crippen LogP contribution is 2.16. The molecule has 0 aliphatic rings. The summed E-state index contributed by atoms with van der Waals surface area (Å²) < 4.78 is 33.2. The van der Waals surface area contributed by atoms with Crippen molar-refractivity contribution in [1.29, 1.82) is 5.41 Å². The Kier molecular flexibility index (Phi) is 10.1. The number of nitrogens with one attached hydrogen (secondary N) is 3. The normalized spacial score (nSPS) is 12.2. The van der Waals surface area contributed by atoms with Crippen LogP contribution in [0.4, 0.5) is 0 Å². The van der Waals surface area contributed by atoms with Crippen molar-refractivity contribution in [3.8, 4) is 5.75 Å². The molecule has 0 aliphatic heterocycles. The number of hydrogen-bond acceptors (Lipinski definition) is 6. The zero-order valence-corrected chi connectivity index (χ0v) is 19.2. The number of carboxylic acid groups (broad SMARTS) is 1. The number of hydrogen-bond donors (Lipinski definition) is 5. The third kappa shape index (κ3) is 9.08. The summed E-state index contributed by atoms with van der Waals surface area (Å²) in [6.45, 7) is 2.71. The third-order valence-electron chi connectivity index (χ3n) is 4.57. The van der Waals surface area contributed by atoms with E-state index in [0.717, 1.165) is 18.4 Å². The molecule has 0 fully saturated rings. The van der Waals surface area contributed by atoms with Crippen LogP contribution in [0.1, 0.15) is 30.9 Å². The molecule has 10 nitrogen and oxygen atoms in total. The van der Waals surface area contributed by atoms with Crippen molar-refractivity contribution in [2.45, 2.75) is 43.5 Å². The molecule has 11 heteroatoms. The number of rotatable bonds is 14. The molecular weight excluding hydrogens is 448 g/mol. The van der Waals surface area contributed by atoms with Gasteiger partial charge in [0.05, 0.1) is 18.1 Å². The molecule has 0 saturated carbocycles. The average Bonchev–Trinajstić information content (AvgIpc) is 2.77. The van der Waals surface area contributed by atoms with Crippen LogP contribution in [0.5, 0.6) is 5.75 Å². The lowest BCUT2D eigenvalue weighted by Gasteiger charge is -2.15. The van der Waals surface area contributed by atoms with Gasteiger partial charge in [0.25, 0.3) is 0 Å². The van der Waals surface area contributed by atoms with Crippen molar-refractivity contribution in [3.05, 3.63) is 59.7 Å². The van der Waals surface area contributed by atoms with Crippen LogP contribution in [0.2, 0.25) is 0 Å². The fraction of sp³-hybridized carbons (Fsp3) is 0.364. The van der Waals surface area contributed by atoms with Gasteiger partial charge in [0.15, 0.2) is 0 Å². The first-order chi connectivity index (χ1) is 15.7. The number of benzene rings is 2. The van der Waals surface area contributed by atoms with E-state index in [2.05, 4.69) is 10.2 Å². The Morgan fingerprint density at radius 3 is 2.30 bits per heavy atom. The maximum absolute atomic E-state index is 12.7. The van der Waals surface area contributed by atoms with Crippen LogP contribution >= 0.6 is 0 Å². The van der Waals surface area contributed by atoms with E-state index < -0.39 is 22.0 Å². The molecule has 2 aromatic carbocycles. The topological polar surface area (TPSA) is 164 Å². The highest BCUT2D eigenvalue weighted by atomic mass is 32.2. The van der Waals surface area contributed by atoms with Crippen molar-refractivity contribution in [2.24, 2.45) is 5.73 Å². The summed E-state index contributed by atoms with van der Waals surface area (Å²) in [6, 6.07) is 11.9. The Bertz CT molecular complexity index is 1010. The van der Waals surface area contributed by atoms with Gasteiger partial charge in [-0.3, -0.25) is 15.0 Å². The van der Waals surface area contributed by atoms with Crippen LogP contribution in [-0.2, 0) is 32.5 Å². The Hall–Kier alpha value is -3.15. The van der Waals surface area contributed by atoms with E-state index in [1.807, 2.05) is 6.92 Å². The van der Waals surface area contributed by atoms with Crippen molar-refractivity contribution < 1.29 is 27.9 Å². The number of sulfonamides is 1. The lowest BCUT2D eigenvalue weighted by Crippen LogP contribution is -2.42. The Morgan fingerprint density at radius 1 is 1.09 bits per heavy atom. The van der Waals surface area contributed by atoms with E-state index >= 15 is 0 Å². The molecular formula is C22H30N4O6S. The van der Waals surface area contributed by atoms with Gasteiger partial charge < -0.3 is 15.6 Å². The molecule has 0 saturated heterocycles. The van der Waals surface area contributed by atoms with Gasteiger partial charge in [-0.1, -0.05) is 37.6 Å². The van der Waals surface area contributed by atoms with Crippen molar-refractivity contribution in [3.63, 3.8) is 0 Å². The highest BCUT2D eigenvalue weighted by Gasteiger charge is 2.25. The standard InChI is InChI=1S/C22H30N4O6S/c1-2-4-16-7-11-19(12-8-16)33(29,30)26-20(21(27)28)15-17-5-9-18(10-6-17)31-13-3-14-32-25-22(23)24/h5-12,20,26H,2-4,13-15H2,1H3,(H,27,28)(H4,23,24,25)/t20-/m0/s1. The first-order valence-corrected chi connectivity index (χ1v) is 12.0. The molecule has 0 amide bonds. The predicted molar refractivity (Wildman–Crippen MR) is 123 cm³/mol. The minimum Gasteiger partial charge on any atom is -0.494 e. The summed E-state index contributed by atoms with van der Waals surface area (Å²) in [7, 11) is -3.98. The van der Waals surface area contributed by atoms with Crippen LogP contribution in [0.15, 0.2) is 53.4 Å². The fourth-order valence-corrected chi connectivity index (χ4v) is 4.16. The number of aryl methyl sites for hydroxylation is 1. The zero-order chi connectivity index (χ0) is 24.3. The molecule has 0 heterocycles. The van der Waals surface area contributed by atoms with Gasteiger partial charge in [-0.25, -0.2) is 13.9 Å². The molecule has 33 heavy (non-hydrogen) atoms. The third-order valence-corrected chi connectivity index (χ3v) is 6.06. The van der Waals surface area contributed by atoms with Gasteiger partial charge in [0, 0.05) is 6.42 Å². The number of carbonyl (C=O) groups is 1. The fourth-order valence-electron chi connectivity index (χ4n) is 2.97. The van der Waals surface area contributed by atoms with Gasteiger partial charge in [-0.05, 0) is 48.2 Å². The Labute approximate surface area is 193 Å². The van der Waals surface area contributed by atoms with Gasteiger partial charge in [-0.2, -0.15) is 4.72 Å². The first-order valence-electron chi connectivity index (χ1n) is 10.5. The second-order valence-electron chi connectivity index (χ2n) is 7.32. The quantitative estimate of drug-likeness (QED) is 0.119. The number of nitrogens with two attached hydrogens (primary N) is 1. The van der Waals surface area contributed by atoms with Crippen LogP contribution in [-0.4, -0.2) is 44.7 Å². The number of guanidine groups is 1. The van der Waals surface area contributed by atoms with Crippen LogP contribution in [0.3, 0.4) is 0 Å². The summed E-state index contributed by atoms with van der Waals surface area (Å²) >= 11 is 0. The van der Waals surface area contributed by atoms with Crippen LogP contribution in [0.25, 0.3) is 0 Å². The number of aliphatic carboxylic acids is 1. The second kappa shape index (κ2) is 12.8. The lowest BCUT2D eigenvalue weighted by molar-refractivity contribution is -0.138. The van der Waals surface area contributed by atoms with E-state index in [4.69, 9.17) is 20.7 Å². The maximum atomic E-state index is 12.7. The molecule has 0 aliphatic carbocycles. The van der Waals surface area contributed by atoms with Gasteiger partial charge >= 0.3 is 5.97 Å². The molecule has 180 valence electrons. The minimum absolute atomic E-state index is 0.0205. The zero-order valence-electron chi connectivity index (χ0n) is 18.4. The Balaban J connectivity index is 1.92. The SMILES string of the molecule is CCCc1ccc(S(=O)(=O)N[C@@H](Cc2ccc(OCCCONC(=N)N)cc2)C(=O)O)cc1. The molecule has 0 spiro atoms. The van der Waals surface area contributed by atoms with Crippen LogP contribution < -0.4 is 20.7 Å². The average molecular weight is 479 g/mol. The van der Waals surface area contributed by atoms with E-state index in [-0.39, 0.29) is 17.3 Å². The second-order valence-corrected chi connectivity index (χ2v) is 9.03. The summed E-state index contributed by atoms with van der Waals surface area (Å²) in [5.41, 5.74) is 8.97. The largest absolute Gasteiger partial charge is 0.494 e. The van der Waals surface area contributed by atoms with E-state index in [0.29, 0.717) is 30.9 Å². The maximum Gasteiger partial charge on any atom is 0.322 e. The van der Waals surface area contributed by atoms with Crippen molar-refractivity contribution in [1.82, 2.24) is 10.2 Å². The summed E-state index contributed by atoms with van der Waals surface area (Å²) in [4.78, 5) is 16.6. The number of hydroxylamine groups is 1. The Morgan fingerprint density at radius 2 is 1.73 bits per heavy atom. The molecule has 6 N–H and O–H groups in total.